The highest BCUT2D eigenvalue weighted by Crippen LogP contribution is 2.38. The summed E-state index contributed by atoms with van der Waals surface area (Å²) in [5.41, 5.74) is 3.15. The van der Waals surface area contributed by atoms with Gasteiger partial charge in [-0.15, -0.1) is 0 Å². The molecular formula is C19H17Br2N3O2. The molecule has 0 amide bonds. The van der Waals surface area contributed by atoms with Gasteiger partial charge in [-0.05, 0) is 60.8 Å². The molecule has 0 saturated heterocycles. The summed E-state index contributed by atoms with van der Waals surface area (Å²) in [6.07, 6.45) is 3.78. The minimum Gasteiger partial charge on any atom is -0.345 e. The standard InChI is InChI=1S/C19H17Br2N3O2/c1-10-5-14(11(2)24(10)13-3-4-13)17(25)8-23-9-22-18-15(19(23)26)6-12(20)7-16(18)21/h5-7,9,13H,3-4,8H2,1-2H3. The van der Waals surface area contributed by atoms with E-state index < -0.39 is 0 Å². The van der Waals surface area contributed by atoms with Crippen molar-refractivity contribution in [3.63, 3.8) is 0 Å². The Morgan fingerprint density at radius 3 is 2.65 bits per heavy atom. The normalized spacial score (nSPS) is 14.2. The van der Waals surface area contributed by atoms with Gasteiger partial charge < -0.3 is 4.57 Å². The Morgan fingerprint density at radius 1 is 1.23 bits per heavy atom. The van der Waals surface area contributed by atoms with Crippen molar-refractivity contribution in [1.82, 2.24) is 14.1 Å². The smallest absolute Gasteiger partial charge is 0.261 e. The summed E-state index contributed by atoms with van der Waals surface area (Å²) < 4.78 is 5.15. The van der Waals surface area contributed by atoms with E-state index in [1.54, 1.807) is 6.07 Å². The maximum atomic E-state index is 12.8. The first-order valence-corrected chi connectivity index (χ1v) is 10.0. The van der Waals surface area contributed by atoms with E-state index in [4.69, 9.17) is 0 Å². The second-order valence-corrected chi connectivity index (χ2v) is 8.54. The number of Topliss-reactive ketones (excluding diaryl/α,β-unsaturated/α-hetero) is 1. The summed E-state index contributed by atoms with van der Waals surface area (Å²) in [5, 5.41) is 0.477. The van der Waals surface area contributed by atoms with Crippen LogP contribution in [0, 0.1) is 13.8 Å². The van der Waals surface area contributed by atoms with Gasteiger partial charge in [-0.1, -0.05) is 15.9 Å². The molecule has 0 N–H and O–H groups in total. The molecule has 1 aromatic carbocycles. The highest BCUT2D eigenvalue weighted by molar-refractivity contribution is 9.11. The number of halogens is 2. The van der Waals surface area contributed by atoms with Crippen molar-refractivity contribution >= 4 is 48.5 Å². The van der Waals surface area contributed by atoms with Crippen molar-refractivity contribution < 1.29 is 4.79 Å². The number of hydrogen-bond acceptors (Lipinski definition) is 3. The Balaban J connectivity index is 1.71. The summed E-state index contributed by atoms with van der Waals surface area (Å²) >= 11 is 6.82. The molecule has 0 unspecified atom stereocenters. The van der Waals surface area contributed by atoms with Crippen LogP contribution in [0.5, 0.6) is 0 Å². The number of aromatic nitrogens is 3. The zero-order chi connectivity index (χ0) is 18.6. The first kappa shape index (κ1) is 17.7. The molecule has 1 aliphatic carbocycles. The number of fused-ring (bicyclic) bond motifs is 1. The molecule has 5 nitrogen and oxygen atoms in total. The topological polar surface area (TPSA) is 56.9 Å². The first-order chi connectivity index (χ1) is 12.4. The van der Waals surface area contributed by atoms with Crippen molar-refractivity contribution in [2.75, 3.05) is 0 Å². The molecule has 3 aromatic rings. The molecule has 26 heavy (non-hydrogen) atoms. The number of benzene rings is 1. The quantitative estimate of drug-likeness (QED) is 0.516. The number of rotatable bonds is 4. The van der Waals surface area contributed by atoms with Crippen molar-refractivity contribution in [3.05, 3.63) is 60.8 Å². The fraction of sp³-hybridized carbons (Fsp3) is 0.316. The SMILES string of the molecule is Cc1cc(C(=O)Cn2cnc3c(Br)cc(Br)cc3c2=O)c(C)n1C1CC1. The lowest BCUT2D eigenvalue weighted by Gasteiger charge is -2.09. The summed E-state index contributed by atoms with van der Waals surface area (Å²) in [5.74, 6) is -0.0673. The van der Waals surface area contributed by atoms with Crippen molar-refractivity contribution in [3.8, 4) is 0 Å². The summed E-state index contributed by atoms with van der Waals surface area (Å²) in [6, 6.07) is 6.03. The summed E-state index contributed by atoms with van der Waals surface area (Å²) in [7, 11) is 0. The second kappa shape index (κ2) is 6.46. The molecule has 4 rings (SSSR count). The van der Waals surface area contributed by atoms with Crippen LogP contribution in [0.3, 0.4) is 0 Å². The van der Waals surface area contributed by atoms with E-state index in [2.05, 4.69) is 41.4 Å². The minimum atomic E-state index is -0.221. The molecule has 7 heteroatoms. The van der Waals surface area contributed by atoms with Crippen LogP contribution >= 0.6 is 31.9 Å². The van der Waals surface area contributed by atoms with Gasteiger partial charge in [0, 0.05) is 31.9 Å². The third-order valence-electron chi connectivity index (χ3n) is 4.86. The molecule has 1 fully saturated rings. The fourth-order valence-electron chi connectivity index (χ4n) is 3.50. The molecule has 0 bridgehead atoms. The number of carbonyl (C=O) groups excluding carboxylic acids is 1. The molecule has 1 saturated carbocycles. The van der Waals surface area contributed by atoms with Crippen LogP contribution in [-0.2, 0) is 6.54 Å². The molecule has 0 aliphatic heterocycles. The lowest BCUT2D eigenvalue weighted by atomic mass is 10.1. The molecule has 0 radical (unpaired) electrons. The zero-order valence-corrected chi connectivity index (χ0v) is 17.6. The lowest BCUT2D eigenvalue weighted by Crippen LogP contribution is -2.25. The van der Waals surface area contributed by atoms with Crippen LogP contribution in [-0.4, -0.2) is 19.9 Å². The highest BCUT2D eigenvalue weighted by atomic mass is 79.9. The number of nitrogens with zero attached hydrogens (tertiary/aromatic N) is 3. The lowest BCUT2D eigenvalue weighted by molar-refractivity contribution is 0.0970. The van der Waals surface area contributed by atoms with Crippen LogP contribution in [0.15, 0.2) is 38.3 Å². The fourth-order valence-corrected chi connectivity index (χ4v) is 4.83. The molecule has 2 aromatic heterocycles. The zero-order valence-electron chi connectivity index (χ0n) is 14.4. The van der Waals surface area contributed by atoms with E-state index in [1.165, 1.54) is 23.7 Å². The molecule has 134 valence electrons. The predicted octanol–water partition coefficient (Wildman–Crippen LogP) is 4.56. The number of hydrogen-bond donors (Lipinski definition) is 0. The maximum absolute atomic E-state index is 12.8. The van der Waals surface area contributed by atoms with E-state index in [0.29, 0.717) is 22.5 Å². The van der Waals surface area contributed by atoms with Gasteiger partial charge in [-0.3, -0.25) is 14.2 Å². The van der Waals surface area contributed by atoms with E-state index in [1.807, 2.05) is 26.0 Å². The molecule has 0 spiro atoms. The Kier molecular flexibility index (Phi) is 4.39. The van der Waals surface area contributed by atoms with E-state index >= 15 is 0 Å². The van der Waals surface area contributed by atoms with Gasteiger partial charge in [0.2, 0.25) is 0 Å². The van der Waals surface area contributed by atoms with Gasteiger partial charge in [-0.2, -0.15) is 0 Å². The van der Waals surface area contributed by atoms with Crippen LogP contribution < -0.4 is 5.56 Å². The third kappa shape index (κ3) is 2.97. The number of ketones is 1. The largest absolute Gasteiger partial charge is 0.345 e. The summed E-state index contributed by atoms with van der Waals surface area (Å²) in [6.45, 7) is 4.00. The van der Waals surface area contributed by atoms with Gasteiger partial charge in [0.05, 0.1) is 23.8 Å². The van der Waals surface area contributed by atoms with Crippen molar-refractivity contribution in [1.29, 1.82) is 0 Å². The van der Waals surface area contributed by atoms with E-state index in [9.17, 15) is 9.59 Å². The van der Waals surface area contributed by atoms with Gasteiger partial charge in [0.25, 0.3) is 5.56 Å². The van der Waals surface area contributed by atoms with Gasteiger partial charge in [-0.25, -0.2) is 4.98 Å². The van der Waals surface area contributed by atoms with Crippen LogP contribution in [0.1, 0.15) is 40.6 Å². The average molecular weight is 479 g/mol. The van der Waals surface area contributed by atoms with Crippen molar-refractivity contribution in [2.45, 2.75) is 39.3 Å². The number of aryl methyl sites for hydroxylation is 1. The van der Waals surface area contributed by atoms with Gasteiger partial charge in [0.15, 0.2) is 5.78 Å². The Bertz CT molecular complexity index is 1110. The molecular weight excluding hydrogens is 462 g/mol. The third-order valence-corrected chi connectivity index (χ3v) is 5.92. The van der Waals surface area contributed by atoms with Crippen LogP contribution in [0.2, 0.25) is 0 Å². The molecule has 1 aliphatic rings. The molecule has 0 atom stereocenters. The van der Waals surface area contributed by atoms with Crippen LogP contribution in [0.4, 0.5) is 0 Å². The monoisotopic (exact) mass is 477 g/mol. The summed E-state index contributed by atoms with van der Waals surface area (Å²) in [4.78, 5) is 30.0. The molecule has 2 heterocycles. The van der Waals surface area contributed by atoms with E-state index in [0.717, 1.165) is 20.3 Å². The average Bonchev–Trinajstić information content (AvgIpc) is 3.35. The Hall–Kier alpha value is -1.73. The Labute approximate surface area is 167 Å². The minimum absolute atomic E-state index is 0.0130. The first-order valence-electron chi connectivity index (χ1n) is 8.42. The second-order valence-electron chi connectivity index (χ2n) is 6.77. The van der Waals surface area contributed by atoms with Crippen molar-refractivity contribution in [2.24, 2.45) is 0 Å². The van der Waals surface area contributed by atoms with Crippen LogP contribution in [0.25, 0.3) is 10.9 Å². The van der Waals surface area contributed by atoms with E-state index in [-0.39, 0.29) is 17.9 Å². The Morgan fingerprint density at radius 2 is 1.96 bits per heavy atom. The van der Waals surface area contributed by atoms with Gasteiger partial charge in [0.1, 0.15) is 0 Å². The predicted molar refractivity (Wildman–Crippen MR) is 108 cm³/mol. The highest BCUT2D eigenvalue weighted by Gasteiger charge is 2.28. The van der Waals surface area contributed by atoms with Gasteiger partial charge >= 0.3 is 0 Å². The maximum Gasteiger partial charge on any atom is 0.261 e. The number of carbonyl (C=O) groups is 1.